The molecular formula is C7H12Cl2O. The minimum absolute atomic E-state index is 0.0687. The lowest BCUT2D eigenvalue weighted by Crippen LogP contribution is -2.24. The molecule has 0 spiro atoms. The fourth-order valence-electron chi connectivity index (χ4n) is 0.607. The quantitative estimate of drug-likeness (QED) is 0.612. The highest BCUT2D eigenvalue weighted by Gasteiger charge is 2.29. The van der Waals surface area contributed by atoms with E-state index in [9.17, 15) is 4.79 Å². The third-order valence-corrected chi connectivity index (χ3v) is 2.29. The van der Waals surface area contributed by atoms with Crippen LogP contribution in [0.25, 0.3) is 0 Å². The molecule has 0 rings (SSSR count). The fraction of sp³-hybridized carbons (Fsp3) is 0.857. The van der Waals surface area contributed by atoms with E-state index in [1.165, 1.54) is 0 Å². The second kappa shape index (κ2) is 4.20. The minimum atomic E-state index is -1.14. The van der Waals surface area contributed by atoms with E-state index in [2.05, 4.69) is 0 Å². The molecule has 0 saturated heterocycles. The predicted molar refractivity (Wildman–Crippen MR) is 44.6 cm³/mol. The average molecular weight is 183 g/mol. The molecule has 1 nitrogen and oxygen atoms in total. The third kappa shape index (κ3) is 2.89. The van der Waals surface area contributed by atoms with Crippen molar-refractivity contribution in [3.05, 3.63) is 0 Å². The Balaban J connectivity index is 3.91. The summed E-state index contributed by atoms with van der Waals surface area (Å²) in [6, 6.07) is 0. The molecule has 60 valence electrons. The molecule has 0 saturated carbocycles. The molecule has 0 aromatic carbocycles. The van der Waals surface area contributed by atoms with Crippen LogP contribution in [0.4, 0.5) is 0 Å². The molecule has 0 aliphatic heterocycles. The van der Waals surface area contributed by atoms with E-state index in [1.807, 2.05) is 6.92 Å². The molecule has 0 aliphatic carbocycles. The number of halogens is 2. The van der Waals surface area contributed by atoms with Crippen LogP contribution in [0.3, 0.4) is 0 Å². The van der Waals surface area contributed by atoms with Crippen molar-refractivity contribution in [2.45, 2.75) is 37.4 Å². The van der Waals surface area contributed by atoms with Gasteiger partial charge in [-0.05, 0) is 12.8 Å². The van der Waals surface area contributed by atoms with Gasteiger partial charge in [0.1, 0.15) is 0 Å². The average Bonchev–Trinajstić information content (AvgIpc) is 1.89. The number of Topliss-reactive ketones (excluding diaryl/α,β-unsaturated/α-hetero) is 1. The number of carbonyl (C=O) groups is 1. The van der Waals surface area contributed by atoms with Crippen molar-refractivity contribution in [1.29, 1.82) is 0 Å². The van der Waals surface area contributed by atoms with Crippen LogP contribution < -0.4 is 0 Å². The highest BCUT2D eigenvalue weighted by atomic mass is 35.5. The molecule has 0 aromatic rings. The van der Waals surface area contributed by atoms with Gasteiger partial charge in [0.25, 0.3) is 0 Å². The molecule has 0 aliphatic rings. The Labute approximate surface area is 71.7 Å². The van der Waals surface area contributed by atoms with Crippen LogP contribution in [0.15, 0.2) is 0 Å². The fourth-order valence-corrected chi connectivity index (χ4v) is 0.796. The van der Waals surface area contributed by atoms with Crippen molar-refractivity contribution >= 4 is 29.0 Å². The topological polar surface area (TPSA) is 17.1 Å². The number of carbonyl (C=O) groups excluding carboxylic acids is 1. The first kappa shape index (κ1) is 10.2. The van der Waals surface area contributed by atoms with Crippen LogP contribution in [0.1, 0.15) is 33.1 Å². The summed E-state index contributed by atoms with van der Waals surface area (Å²) < 4.78 is -1.14. The lowest BCUT2D eigenvalue weighted by Gasteiger charge is -2.14. The maximum absolute atomic E-state index is 11.0. The molecular weight excluding hydrogens is 171 g/mol. The lowest BCUT2D eigenvalue weighted by molar-refractivity contribution is -0.119. The van der Waals surface area contributed by atoms with Gasteiger partial charge >= 0.3 is 0 Å². The van der Waals surface area contributed by atoms with Gasteiger partial charge in [0.15, 0.2) is 10.1 Å². The second-order valence-corrected chi connectivity index (χ2v) is 3.72. The lowest BCUT2D eigenvalue weighted by atomic mass is 10.1. The Morgan fingerprint density at radius 3 is 2.20 bits per heavy atom. The molecule has 10 heavy (non-hydrogen) atoms. The summed E-state index contributed by atoms with van der Waals surface area (Å²) >= 11 is 11.3. The van der Waals surface area contributed by atoms with Crippen LogP contribution in [-0.2, 0) is 4.79 Å². The smallest absolute Gasteiger partial charge is 0.175 e. The minimum Gasteiger partial charge on any atom is -0.296 e. The Hall–Kier alpha value is 0.250. The van der Waals surface area contributed by atoms with Gasteiger partial charge in [-0.3, -0.25) is 4.79 Å². The molecule has 0 N–H and O–H groups in total. The zero-order valence-electron chi connectivity index (χ0n) is 6.29. The molecule has 0 amide bonds. The van der Waals surface area contributed by atoms with Crippen molar-refractivity contribution in [3.8, 4) is 0 Å². The van der Waals surface area contributed by atoms with Gasteiger partial charge in [-0.2, -0.15) is 0 Å². The predicted octanol–water partition coefficient (Wildman–Crippen LogP) is 2.94. The standard InChI is InChI=1S/C7H12Cl2O/c1-3-5-6(10)7(8,9)4-2/h3-5H2,1-2H3. The molecule has 0 unspecified atom stereocenters. The zero-order valence-corrected chi connectivity index (χ0v) is 7.80. The Morgan fingerprint density at radius 2 is 1.90 bits per heavy atom. The highest BCUT2D eigenvalue weighted by molar-refractivity contribution is 6.58. The maximum atomic E-state index is 11.0. The van der Waals surface area contributed by atoms with E-state index in [1.54, 1.807) is 6.92 Å². The summed E-state index contributed by atoms with van der Waals surface area (Å²) in [7, 11) is 0. The zero-order chi connectivity index (χ0) is 8.20. The first-order valence-corrected chi connectivity index (χ1v) is 4.21. The van der Waals surface area contributed by atoms with Gasteiger partial charge < -0.3 is 0 Å². The maximum Gasteiger partial charge on any atom is 0.175 e. The second-order valence-electron chi connectivity index (χ2n) is 2.23. The summed E-state index contributed by atoms with van der Waals surface area (Å²) in [6.07, 6.45) is 1.76. The molecule has 3 heteroatoms. The van der Waals surface area contributed by atoms with Crippen molar-refractivity contribution in [3.63, 3.8) is 0 Å². The SMILES string of the molecule is CCCC(=O)C(Cl)(Cl)CC. The largest absolute Gasteiger partial charge is 0.296 e. The number of rotatable bonds is 4. The van der Waals surface area contributed by atoms with E-state index < -0.39 is 4.33 Å². The van der Waals surface area contributed by atoms with Crippen molar-refractivity contribution < 1.29 is 4.79 Å². The summed E-state index contributed by atoms with van der Waals surface area (Å²) in [5.74, 6) is -0.0687. The van der Waals surface area contributed by atoms with Gasteiger partial charge in [0.05, 0.1) is 0 Å². The Kier molecular flexibility index (Phi) is 4.30. The normalized spacial score (nSPS) is 11.6. The molecule has 0 radical (unpaired) electrons. The van der Waals surface area contributed by atoms with E-state index in [0.717, 1.165) is 6.42 Å². The van der Waals surface area contributed by atoms with Crippen LogP contribution in [-0.4, -0.2) is 10.1 Å². The Morgan fingerprint density at radius 1 is 1.40 bits per heavy atom. The number of alkyl halides is 2. The van der Waals surface area contributed by atoms with Crippen LogP contribution >= 0.6 is 23.2 Å². The van der Waals surface area contributed by atoms with Gasteiger partial charge in [0.2, 0.25) is 0 Å². The van der Waals surface area contributed by atoms with Gasteiger partial charge in [-0.15, -0.1) is 0 Å². The monoisotopic (exact) mass is 182 g/mol. The van der Waals surface area contributed by atoms with Gasteiger partial charge in [-0.25, -0.2) is 0 Å². The van der Waals surface area contributed by atoms with E-state index in [4.69, 9.17) is 23.2 Å². The van der Waals surface area contributed by atoms with Crippen LogP contribution in [0.2, 0.25) is 0 Å². The first-order chi connectivity index (χ1) is 4.54. The summed E-state index contributed by atoms with van der Waals surface area (Å²) in [4.78, 5) is 11.0. The van der Waals surface area contributed by atoms with Crippen LogP contribution in [0.5, 0.6) is 0 Å². The molecule has 0 atom stereocenters. The third-order valence-electron chi connectivity index (χ3n) is 1.33. The number of ketones is 1. The summed E-state index contributed by atoms with van der Waals surface area (Å²) in [5, 5.41) is 0. The molecule has 0 fully saturated rings. The number of hydrogen-bond acceptors (Lipinski definition) is 1. The molecule has 0 aromatic heterocycles. The van der Waals surface area contributed by atoms with E-state index >= 15 is 0 Å². The van der Waals surface area contributed by atoms with Crippen molar-refractivity contribution in [2.75, 3.05) is 0 Å². The van der Waals surface area contributed by atoms with E-state index in [0.29, 0.717) is 12.8 Å². The number of hydrogen-bond donors (Lipinski definition) is 0. The van der Waals surface area contributed by atoms with Gasteiger partial charge in [-0.1, -0.05) is 37.0 Å². The highest BCUT2D eigenvalue weighted by Crippen LogP contribution is 2.27. The Bertz CT molecular complexity index is 121. The van der Waals surface area contributed by atoms with Gasteiger partial charge in [0, 0.05) is 6.42 Å². The summed E-state index contributed by atoms with van der Waals surface area (Å²) in [6.45, 7) is 3.73. The van der Waals surface area contributed by atoms with Crippen LogP contribution in [0, 0.1) is 0 Å². The van der Waals surface area contributed by atoms with Crippen molar-refractivity contribution in [2.24, 2.45) is 0 Å². The molecule has 0 heterocycles. The van der Waals surface area contributed by atoms with Crippen molar-refractivity contribution in [1.82, 2.24) is 0 Å². The molecule has 0 bridgehead atoms. The first-order valence-electron chi connectivity index (χ1n) is 3.45. The summed E-state index contributed by atoms with van der Waals surface area (Å²) in [5.41, 5.74) is 0. The van der Waals surface area contributed by atoms with E-state index in [-0.39, 0.29) is 5.78 Å².